The Balaban J connectivity index is 1.49. The summed E-state index contributed by atoms with van der Waals surface area (Å²) in [5.74, 6) is 1.49. The van der Waals surface area contributed by atoms with Gasteiger partial charge in [-0.05, 0) is 35.4 Å². The molecule has 1 amide bonds. The number of amides is 1. The highest BCUT2D eigenvalue weighted by Crippen LogP contribution is 2.33. The van der Waals surface area contributed by atoms with Crippen LogP contribution in [0.1, 0.15) is 21.5 Å². The summed E-state index contributed by atoms with van der Waals surface area (Å²) in [7, 11) is 1.69. The van der Waals surface area contributed by atoms with E-state index in [1.54, 1.807) is 24.1 Å². The molecule has 4 aromatic rings. The van der Waals surface area contributed by atoms with Crippen molar-refractivity contribution in [2.75, 3.05) is 23.8 Å². The van der Waals surface area contributed by atoms with Gasteiger partial charge in [-0.15, -0.1) is 0 Å². The molecule has 5 rings (SSSR count). The number of hydrogen-bond acceptors (Lipinski definition) is 5. The third-order valence-electron chi connectivity index (χ3n) is 6.37. The van der Waals surface area contributed by atoms with E-state index in [4.69, 9.17) is 15.2 Å². The Bertz CT molecular complexity index is 1440. The summed E-state index contributed by atoms with van der Waals surface area (Å²) in [6.45, 7) is 0.980. The smallest absolute Gasteiger partial charge is 0.258 e. The Morgan fingerprint density at radius 2 is 1.44 bits per heavy atom. The molecule has 1 heterocycles. The summed E-state index contributed by atoms with van der Waals surface area (Å²) in [6.07, 6.45) is 1.48. The molecule has 7 nitrogen and oxygen atoms in total. The molecule has 0 fully saturated rings. The van der Waals surface area contributed by atoms with Crippen LogP contribution in [0.5, 0.6) is 11.5 Å². The molecule has 0 bridgehead atoms. The highest BCUT2D eigenvalue weighted by atomic mass is 16.5. The number of rotatable bonds is 7. The normalized spacial score (nSPS) is 14.8. The predicted molar refractivity (Wildman–Crippen MR) is 155 cm³/mol. The highest BCUT2D eigenvalue weighted by Gasteiger charge is 2.27. The van der Waals surface area contributed by atoms with Gasteiger partial charge in [-0.2, -0.15) is 0 Å². The number of ether oxygens (including phenoxy) is 2. The van der Waals surface area contributed by atoms with Crippen molar-refractivity contribution in [3.8, 4) is 11.5 Å². The number of nitrogens with zero attached hydrogens (tertiary/aromatic N) is 2. The number of para-hydroxylation sites is 2. The minimum absolute atomic E-state index is 0.212. The van der Waals surface area contributed by atoms with Gasteiger partial charge in [0.05, 0.1) is 17.9 Å². The number of nitrogens with one attached hydrogen (secondary N) is 1. The first-order chi connectivity index (χ1) is 19.1. The molecule has 3 N–H and O–H groups in total. The van der Waals surface area contributed by atoms with Gasteiger partial charge in [-0.25, -0.2) is 0 Å². The average Bonchev–Trinajstić information content (AvgIpc) is 3.16. The number of fused-ring (bicyclic) bond motifs is 1. The quantitative estimate of drug-likeness (QED) is 0.323. The minimum Gasteiger partial charge on any atom is -0.489 e. The third-order valence-corrected chi connectivity index (χ3v) is 6.37. The molecule has 1 aliphatic heterocycles. The van der Waals surface area contributed by atoms with Crippen LogP contribution in [-0.2, 0) is 13.2 Å². The van der Waals surface area contributed by atoms with Gasteiger partial charge < -0.3 is 25.4 Å². The number of hydrogen-bond donors (Lipinski definition) is 2. The van der Waals surface area contributed by atoms with E-state index in [0.29, 0.717) is 41.7 Å². The van der Waals surface area contributed by atoms with Crippen LogP contribution in [-0.4, -0.2) is 25.3 Å². The zero-order chi connectivity index (χ0) is 27.0. The SMILES string of the molecule is CN=C1Nc2ccccc2N(C(=O)c2cc(OCc3ccccc3)cc(OCc3ccccc3)c2)CC1=CN. The number of amidine groups is 1. The fourth-order valence-electron chi connectivity index (χ4n) is 4.36. The van der Waals surface area contributed by atoms with Crippen molar-refractivity contribution < 1.29 is 14.3 Å². The molecule has 7 heteroatoms. The van der Waals surface area contributed by atoms with Gasteiger partial charge in [-0.1, -0.05) is 72.8 Å². The molecule has 39 heavy (non-hydrogen) atoms. The summed E-state index contributed by atoms with van der Waals surface area (Å²) in [4.78, 5) is 20.1. The largest absolute Gasteiger partial charge is 0.489 e. The van der Waals surface area contributed by atoms with Gasteiger partial charge in [0.15, 0.2) is 0 Å². The van der Waals surface area contributed by atoms with E-state index in [1.807, 2.05) is 91.0 Å². The fourth-order valence-corrected chi connectivity index (χ4v) is 4.36. The zero-order valence-corrected chi connectivity index (χ0v) is 21.7. The number of carbonyl (C=O) groups excluding carboxylic acids is 1. The van der Waals surface area contributed by atoms with E-state index >= 15 is 0 Å². The molecule has 196 valence electrons. The molecule has 0 saturated heterocycles. The van der Waals surface area contributed by atoms with Gasteiger partial charge in [-0.3, -0.25) is 9.79 Å². The maximum atomic E-state index is 14.1. The second-order valence-corrected chi connectivity index (χ2v) is 9.04. The molecule has 0 unspecified atom stereocenters. The summed E-state index contributed by atoms with van der Waals surface area (Å²) >= 11 is 0. The van der Waals surface area contributed by atoms with Gasteiger partial charge in [0, 0.05) is 30.5 Å². The van der Waals surface area contributed by atoms with Gasteiger partial charge in [0.25, 0.3) is 5.91 Å². The molecule has 0 atom stereocenters. The van der Waals surface area contributed by atoms with Crippen LogP contribution in [0, 0.1) is 0 Å². The Hall–Kier alpha value is -5.04. The van der Waals surface area contributed by atoms with Crippen LogP contribution in [0.4, 0.5) is 11.4 Å². The molecule has 1 aliphatic rings. The molecular formula is C32H30N4O3. The molecular weight excluding hydrogens is 488 g/mol. The van der Waals surface area contributed by atoms with E-state index in [0.717, 1.165) is 22.5 Å². The van der Waals surface area contributed by atoms with Crippen molar-refractivity contribution in [1.29, 1.82) is 0 Å². The van der Waals surface area contributed by atoms with E-state index < -0.39 is 0 Å². The van der Waals surface area contributed by atoms with E-state index in [9.17, 15) is 4.79 Å². The zero-order valence-electron chi connectivity index (χ0n) is 21.7. The number of aliphatic imine (C=N–C) groups is 1. The Labute approximate surface area is 228 Å². The first kappa shape index (κ1) is 25.6. The molecule has 0 aliphatic carbocycles. The number of nitrogens with two attached hydrogens (primary N) is 1. The standard InChI is InChI=1S/C32H30N4O3/c1-34-31-26(19-33)20-36(30-15-9-8-14-29(30)35-31)32(37)25-16-27(38-21-23-10-4-2-5-11-23)18-28(17-25)39-22-24-12-6-3-7-13-24/h2-19H,20-22,33H2,1H3,(H,34,35). The van der Waals surface area contributed by atoms with E-state index in [-0.39, 0.29) is 12.5 Å². The highest BCUT2D eigenvalue weighted by molar-refractivity contribution is 6.16. The lowest BCUT2D eigenvalue weighted by Gasteiger charge is -2.23. The maximum Gasteiger partial charge on any atom is 0.258 e. The third kappa shape index (κ3) is 6.10. The van der Waals surface area contributed by atoms with Crippen molar-refractivity contribution in [2.24, 2.45) is 10.7 Å². The fraction of sp³-hybridized carbons (Fsp3) is 0.125. The lowest BCUT2D eigenvalue weighted by Crippen LogP contribution is -2.33. The van der Waals surface area contributed by atoms with Crippen LogP contribution in [0.25, 0.3) is 0 Å². The number of carbonyl (C=O) groups is 1. The van der Waals surface area contributed by atoms with Crippen molar-refractivity contribution >= 4 is 23.1 Å². The van der Waals surface area contributed by atoms with Gasteiger partial charge in [0.2, 0.25) is 0 Å². The van der Waals surface area contributed by atoms with Crippen molar-refractivity contribution in [3.63, 3.8) is 0 Å². The first-order valence-electron chi connectivity index (χ1n) is 12.7. The average molecular weight is 519 g/mol. The maximum absolute atomic E-state index is 14.1. The lowest BCUT2D eigenvalue weighted by atomic mass is 10.1. The van der Waals surface area contributed by atoms with Crippen molar-refractivity contribution in [2.45, 2.75) is 13.2 Å². The Morgan fingerprint density at radius 1 is 0.872 bits per heavy atom. The molecule has 4 aromatic carbocycles. The summed E-state index contributed by atoms with van der Waals surface area (Å²) < 4.78 is 12.2. The lowest BCUT2D eigenvalue weighted by molar-refractivity contribution is 0.0988. The molecule has 0 saturated carbocycles. The number of benzene rings is 4. The van der Waals surface area contributed by atoms with Crippen LogP contribution in [0.3, 0.4) is 0 Å². The van der Waals surface area contributed by atoms with Crippen LogP contribution in [0.15, 0.2) is 120 Å². The summed E-state index contributed by atoms with van der Waals surface area (Å²) in [6, 6.07) is 32.7. The van der Waals surface area contributed by atoms with Gasteiger partial charge in [0.1, 0.15) is 30.5 Å². The molecule has 0 radical (unpaired) electrons. The Kier molecular flexibility index (Phi) is 7.88. The predicted octanol–water partition coefficient (Wildman–Crippen LogP) is 5.79. The summed E-state index contributed by atoms with van der Waals surface area (Å²) in [5, 5.41) is 3.30. The summed E-state index contributed by atoms with van der Waals surface area (Å²) in [5.41, 5.74) is 10.6. The molecule has 0 aromatic heterocycles. The van der Waals surface area contributed by atoms with E-state index in [1.165, 1.54) is 6.20 Å². The van der Waals surface area contributed by atoms with Crippen molar-refractivity contribution in [3.05, 3.63) is 132 Å². The minimum atomic E-state index is -0.212. The van der Waals surface area contributed by atoms with Crippen LogP contribution >= 0.6 is 0 Å². The molecule has 0 spiro atoms. The van der Waals surface area contributed by atoms with Crippen LogP contribution in [0.2, 0.25) is 0 Å². The van der Waals surface area contributed by atoms with E-state index in [2.05, 4.69) is 10.3 Å². The Morgan fingerprint density at radius 3 is 2.00 bits per heavy atom. The monoisotopic (exact) mass is 518 g/mol. The van der Waals surface area contributed by atoms with Crippen molar-refractivity contribution in [1.82, 2.24) is 0 Å². The van der Waals surface area contributed by atoms with Gasteiger partial charge >= 0.3 is 0 Å². The van der Waals surface area contributed by atoms with Crippen LogP contribution < -0.4 is 25.4 Å². The first-order valence-corrected chi connectivity index (χ1v) is 12.7. The second kappa shape index (κ2) is 12.0. The topological polar surface area (TPSA) is 89.2 Å². The second-order valence-electron chi connectivity index (χ2n) is 9.04. The number of anilines is 2.